The van der Waals surface area contributed by atoms with E-state index in [1.807, 2.05) is 70.5 Å². The highest BCUT2D eigenvalue weighted by Crippen LogP contribution is 2.36. The van der Waals surface area contributed by atoms with E-state index in [2.05, 4.69) is 6.92 Å². The molecule has 0 aromatic heterocycles. The molecule has 2 saturated heterocycles. The van der Waals surface area contributed by atoms with Crippen molar-refractivity contribution in [3.63, 3.8) is 0 Å². The molecule has 2 aromatic rings. The molecule has 0 spiro atoms. The highest BCUT2D eigenvalue weighted by atomic mass is 16.5. The van der Waals surface area contributed by atoms with Crippen molar-refractivity contribution in [2.75, 3.05) is 24.6 Å². The molecule has 0 saturated carbocycles. The lowest BCUT2D eigenvalue weighted by Crippen LogP contribution is -2.68. The SMILES string of the molecule is C[C@@]12CCN(C(=O)CCc3ccccc3)C[C@H]1N(c1ccccc1)C(=O)CO2. The molecule has 2 aliphatic rings. The number of para-hydroxylation sites is 1. The summed E-state index contributed by atoms with van der Waals surface area (Å²) < 4.78 is 5.96. The summed E-state index contributed by atoms with van der Waals surface area (Å²) in [6.07, 6.45) is 1.94. The minimum absolute atomic E-state index is 0.0488. The summed E-state index contributed by atoms with van der Waals surface area (Å²) in [6, 6.07) is 19.6. The molecule has 5 heteroatoms. The Hall–Kier alpha value is -2.66. The molecule has 2 fully saturated rings. The number of anilines is 1. The Morgan fingerprint density at radius 3 is 2.50 bits per heavy atom. The van der Waals surface area contributed by atoms with E-state index < -0.39 is 5.60 Å². The van der Waals surface area contributed by atoms with Crippen molar-refractivity contribution in [3.05, 3.63) is 66.2 Å². The first-order chi connectivity index (χ1) is 13.6. The number of carbonyl (C=O) groups is 2. The van der Waals surface area contributed by atoms with E-state index in [1.165, 1.54) is 5.56 Å². The van der Waals surface area contributed by atoms with Crippen molar-refractivity contribution in [2.24, 2.45) is 0 Å². The zero-order valence-electron chi connectivity index (χ0n) is 16.2. The van der Waals surface area contributed by atoms with E-state index in [4.69, 9.17) is 4.74 Å². The van der Waals surface area contributed by atoms with Crippen LogP contribution in [0.3, 0.4) is 0 Å². The van der Waals surface area contributed by atoms with Gasteiger partial charge in [0, 0.05) is 25.2 Å². The molecule has 4 rings (SSSR count). The lowest BCUT2D eigenvalue weighted by atomic mass is 9.85. The quantitative estimate of drug-likeness (QED) is 0.822. The van der Waals surface area contributed by atoms with Gasteiger partial charge in [-0.25, -0.2) is 0 Å². The van der Waals surface area contributed by atoms with Crippen LogP contribution in [0.1, 0.15) is 25.3 Å². The molecule has 2 heterocycles. The third-order valence-electron chi connectivity index (χ3n) is 5.94. The molecule has 0 aliphatic carbocycles. The highest BCUT2D eigenvalue weighted by molar-refractivity contribution is 5.96. The zero-order valence-corrected chi connectivity index (χ0v) is 16.2. The van der Waals surface area contributed by atoms with Crippen molar-refractivity contribution in [2.45, 2.75) is 37.8 Å². The molecule has 0 bridgehead atoms. The van der Waals surface area contributed by atoms with Gasteiger partial charge in [-0.2, -0.15) is 0 Å². The van der Waals surface area contributed by atoms with Gasteiger partial charge in [-0.15, -0.1) is 0 Å². The monoisotopic (exact) mass is 378 g/mol. The normalized spacial score (nSPS) is 24.8. The highest BCUT2D eigenvalue weighted by Gasteiger charge is 2.49. The molecule has 2 aromatic carbocycles. The lowest BCUT2D eigenvalue weighted by molar-refractivity contribution is -0.156. The standard InChI is InChI=1S/C23H26N2O3/c1-23-14-15-24(21(26)13-12-18-8-4-2-5-9-18)16-20(23)25(22(27)17-28-23)19-10-6-3-7-11-19/h2-11,20H,12-17H2,1H3/t20-,23-/m1/s1. The van der Waals surface area contributed by atoms with Crippen LogP contribution in [0, 0.1) is 0 Å². The maximum atomic E-state index is 12.9. The van der Waals surface area contributed by atoms with Gasteiger partial charge < -0.3 is 14.5 Å². The predicted octanol–water partition coefficient (Wildman–Crippen LogP) is 3.04. The fraction of sp³-hybridized carbons (Fsp3) is 0.391. The largest absolute Gasteiger partial charge is 0.363 e. The van der Waals surface area contributed by atoms with Crippen LogP contribution in [0.2, 0.25) is 0 Å². The average Bonchev–Trinajstić information content (AvgIpc) is 2.73. The summed E-state index contributed by atoms with van der Waals surface area (Å²) in [4.78, 5) is 29.3. The van der Waals surface area contributed by atoms with Crippen molar-refractivity contribution in [1.82, 2.24) is 4.90 Å². The van der Waals surface area contributed by atoms with Gasteiger partial charge >= 0.3 is 0 Å². The molecule has 0 unspecified atom stereocenters. The average molecular weight is 378 g/mol. The molecule has 28 heavy (non-hydrogen) atoms. The van der Waals surface area contributed by atoms with Gasteiger partial charge in [-0.05, 0) is 37.5 Å². The Bertz CT molecular complexity index is 839. The molecular weight excluding hydrogens is 352 g/mol. The molecule has 2 amide bonds. The zero-order chi connectivity index (χ0) is 19.6. The van der Waals surface area contributed by atoms with Gasteiger partial charge in [0.1, 0.15) is 6.61 Å². The second-order valence-electron chi connectivity index (χ2n) is 7.79. The first kappa shape index (κ1) is 18.7. The van der Waals surface area contributed by atoms with Crippen LogP contribution in [0.25, 0.3) is 0 Å². The van der Waals surface area contributed by atoms with Gasteiger partial charge in [0.2, 0.25) is 5.91 Å². The van der Waals surface area contributed by atoms with Crippen molar-refractivity contribution in [1.29, 1.82) is 0 Å². The number of morpholine rings is 1. The number of fused-ring (bicyclic) bond motifs is 1. The van der Waals surface area contributed by atoms with Crippen molar-refractivity contribution < 1.29 is 14.3 Å². The number of piperidine rings is 1. The molecule has 2 aliphatic heterocycles. The van der Waals surface area contributed by atoms with Crippen molar-refractivity contribution in [3.8, 4) is 0 Å². The summed E-state index contributed by atoms with van der Waals surface area (Å²) in [6.45, 7) is 3.32. The van der Waals surface area contributed by atoms with Gasteiger partial charge in [0.15, 0.2) is 0 Å². The molecule has 0 radical (unpaired) electrons. The minimum Gasteiger partial charge on any atom is -0.363 e. The van der Waals surface area contributed by atoms with E-state index in [0.717, 1.165) is 18.5 Å². The Kier molecular flexibility index (Phi) is 5.18. The van der Waals surface area contributed by atoms with Crippen LogP contribution in [0.15, 0.2) is 60.7 Å². The van der Waals surface area contributed by atoms with Crippen molar-refractivity contribution >= 4 is 17.5 Å². The van der Waals surface area contributed by atoms with E-state index in [-0.39, 0.29) is 24.5 Å². The number of rotatable bonds is 4. The van der Waals surface area contributed by atoms with E-state index in [1.54, 1.807) is 0 Å². The van der Waals surface area contributed by atoms with E-state index >= 15 is 0 Å². The van der Waals surface area contributed by atoms with Crippen LogP contribution in [0.5, 0.6) is 0 Å². The number of aryl methyl sites for hydroxylation is 1. The van der Waals surface area contributed by atoms with Crippen LogP contribution in [-0.2, 0) is 20.7 Å². The number of hydrogen-bond acceptors (Lipinski definition) is 3. The fourth-order valence-corrected chi connectivity index (χ4v) is 4.20. The molecular formula is C23H26N2O3. The first-order valence-electron chi connectivity index (χ1n) is 9.90. The number of nitrogens with zero attached hydrogens (tertiary/aromatic N) is 2. The van der Waals surface area contributed by atoms with Crippen LogP contribution < -0.4 is 4.90 Å². The number of ether oxygens (including phenoxy) is 1. The second-order valence-corrected chi connectivity index (χ2v) is 7.79. The lowest BCUT2D eigenvalue weighted by Gasteiger charge is -2.52. The molecule has 146 valence electrons. The topological polar surface area (TPSA) is 49.9 Å². The summed E-state index contributed by atoms with van der Waals surface area (Å²) >= 11 is 0. The Morgan fingerprint density at radius 1 is 1.11 bits per heavy atom. The number of carbonyl (C=O) groups excluding carboxylic acids is 2. The Morgan fingerprint density at radius 2 is 1.79 bits per heavy atom. The van der Waals surface area contributed by atoms with Gasteiger partial charge in [-0.3, -0.25) is 9.59 Å². The maximum Gasteiger partial charge on any atom is 0.253 e. The number of amides is 2. The fourth-order valence-electron chi connectivity index (χ4n) is 4.20. The minimum atomic E-state index is -0.431. The molecule has 0 N–H and O–H groups in total. The third-order valence-corrected chi connectivity index (χ3v) is 5.94. The van der Waals surface area contributed by atoms with E-state index in [0.29, 0.717) is 19.5 Å². The Labute approximate surface area is 165 Å². The number of likely N-dealkylation sites (tertiary alicyclic amines) is 1. The summed E-state index contributed by atoms with van der Waals surface area (Å²) in [7, 11) is 0. The number of hydrogen-bond donors (Lipinski definition) is 0. The predicted molar refractivity (Wildman–Crippen MR) is 108 cm³/mol. The molecule has 2 atom stereocenters. The van der Waals surface area contributed by atoms with Gasteiger partial charge in [0.05, 0.1) is 11.6 Å². The smallest absolute Gasteiger partial charge is 0.253 e. The molecule has 5 nitrogen and oxygen atoms in total. The van der Waals surface area contributed by atoms with Gasteiger partial charge in [0.25, 0.3) is 5.91 Å². The van der Waals surface area contributed by atoms with Crippen LogP contribution >= 0.6 is 0 Å². The third kappa shape index (κ3) is 3.67. The maximum absolute atomic E-state index is 12.9. The van der Waals surface area contributed by atoms with Crippen LogP contribution in [0.4, 0.5) is 5.69 Å². The van der Waals surface area contributed by atoms with E-state index in [9.17, 15) is 9.59 Å². The van der Waals surface area contributed by atoms with Crippen LogP contribution in [-0.4, -0.2) is 48.1 Å². The summed E-state index contributed by atoms with van der Waals surface area (Å²) in [5.74, 6) is 0.0872. The second kappa shape index (κ2) is 7.76. The summed E-state index contributed by atoms with van der Waals surface area (Å²) in [5.41, 5.74) is 1.60. The van der Waals surface area contributed by atoms with Gasteiger partial charge in [-0.1, -0.05) is 48.5 Å². The number of benzene rings is 2. The Balaban J connectivity index is 1.50. The summed E-state index contributed by atoms with van der Waals surface area (Å²) in [5, 5.41) is 0. The first-order valence-corrected chi connectivity index (χ1v) is 9.90.